The first-order valence-corrected chi connectivity index (χ1v) is 9.46. The van der Waals surface area contributed by atoms with E-state index in [0.717, 1.165) is 5.56 Å². The molecule has 0 radical (unpaired) electrons. The number of hydrogen-bond acceptors (Lipinski definition) is 4. The molecule has 1 aromatic carbocycles. The molecule has 144 valence electrons. The number of ketones is 2. The summed E-state index contributed by atoms with van der Waals surface area (Å²) in [4.78, 5) is 26.0. The summed E-state index contributed by atoms with van der Waals surface area (Å²) in [5.74, 6) is -0.976. The minimum Gasteiger partial charge on any atom is -0.512 e. The third-order valence-electron chi connectivity index (χ3n) is 5.50. The predicted octanol–water partition coefficient (Wildman–Crippen LogP) is 5.17. The molecular formula is C23H28O4. The van der Waals surface area contributed by atoms with Crippen LogP contribution in [0, 0.1) is 10.8 Å². The van der Waals surface area contributed by atoms with Crippen LogP contribution in [-0.2, 0) is 9.59 Å². The van der Waals surface area contributed by atoms with Gasteiger partial charge in [0.2, 0.25) is 0 Å². The van der Waals surface area contributed by atoms with Crippen molar-refractivity contribution in [3.05, 3.63) is 58.6 Å². The first kappa shape index (κ1) is 19.4. The van der Waals surface area contributed by atoms with Gasteiger partial charge in [-0.1, -0.05) is 58.0 Å². The maximum atomic E-state index is 13.0. The average Bonchev–Trinajstić information content (AvgIpc) is 2.50. The van der Waals surface area contributed by atoms with Gasteiger partial charge in [-0.05, 0) is 16.4 Å². The van der Waals surface area contributed by atoms with Crippen molar-refractivity contribution < 1.29 is 19.8 Å². The van der Waals surface area contributed by atoms with Gasteiger partial charge in [-0.2, -0.15) is 0 Å². The zero-order valence-corrected chi connectivity index (χ0v) is 16.5. The molecule has 0 unspecified atom stereocenters. The Labute approximate surface area is 160 Å². The van der Waals surface area contributed by atoms with Gasteiger partial charge in [0.25, 0.3) is 0 Å². The molecule has 27 heavy (non-hydrogen) atoms. The van der Waals surface area contributed by atoms with E-state index in [1.165, 1.54) is 0 Å². The fourth-order valence-electron chi connectivity index (χ4n) is 4.38. The lowest BCUT2D eigenvalue weighted by molar-refractivity contribution is -0.119. The molecule has 2 aliphatic carbocycles. The summed E-state index contributed by atoms with van der Waals surface area (Å²) in [5.41, 5.74) is 0.619. The van der Waals surface area contributed by atoms with Gasteiger partial charge in [0.05, 0.1) is 0 Å². The summed E-state index contributed by atoms with van der Waals surface area (Å²) < 4.78 is 0. The molecule has 0 bridgehead atoms. The van der Waals surface area contributed by atoms with E-state index in [1.807, 2.05) is 58.0 Å². The van der Waals surface area contributed by atoms with Gasteiger partial charge in [-0.25, -0.2) is 0 Å². The van der Waals surface area contributed by atoms with Crippen molar-refractivity contribution in [2.45, 2.75) is 59.3 Å². The van der Waals surface area contributed by atoms with Crippen molar-refractivity contribution in [2.24, 2.45) is 10.8 Å². The summed E-state index contributed by atoms with van der Waals surface area (Å²) in [6.07, 6.45) is 1.38. The summed E-state index contributed by atoms with van der Waals surface area (Å²) >= 11 is 0. The Bertz CT molecular complexity index is 788. The zero-order chi connectivity index (χ0) is 20.0. The van der Waals surface area contributed by atoms with Crippen LogP contribution in [0.3, 0.4) is 0 Å². The summed E-state index contributed by atoms with van der Waals surface area (Å²) in [7, 11) is 0. The molecule has 2 N–H and O–H groups in total. The third kappa shape index (κ3) is 3.85. The summed E-state index contributed by atoms with van der Waals surface area (Å²) in [5, 5.41) is 21.5. The smallest absolute Gasteiger partial charge is 0.163 e. The normalized spacial score (nSPS) is 22.6. The largest absolute Gasteiger partial charge is 0.512 e. The number of aliphatic hydroxyl groups is 2. The van der Waals surface area contributed by atoms with E-state index in [0.29, 0.717) is 25.7 Å². The van der Waals surface area contributed by atoms with Gasteiger partial charge in [-0.15, -0.1) is 0 Å². The second kappa shape index (κ2) is 6.66. The van der Waals surface area contributed by atoms with Crippen LogP contribution in [0.4, 0.5) is 0 Å². The van der Waals surface area contributed by atoms with Gasteiger partial charge in [-0.3, -0.25) is 9.59 Å². The SMILES string of the molecule is CC1(C)CC(=O)C(C(C2=C(O)CC(C)(C)CC2=O)c2ccccc2)=C(O)C1. The van der Waals surface area contributed by atoms with Gasteiger partial charge in [0.1, 0.15) is 11.5 Å². The summed E-state index contributed by atoms with van der Waals surface area (Å²) in [6.45, 7) is 7.78. The Morgan fingerprint density at radius 2 is 1.15 bits per heavy atom. The second-order valence-electron chi connectivity index (χ2n) is 9.45. The van der Waals surface area contributed by atoms with Crippen LogP contribution in [0.25, 0.3) is 0 Å². The van der Waals surface area contributed by atoms with Gasteiger partial charge in [0, 0.05) is 42.7 Å². The standard InChI is InChI=1S/C23H28O4/c1-22(2)10-15(24)20(16(25)11-22)19(14-8-6-5-7-9-14)21-17(26)12-23(3,4)13-18(21)27/h5-9,19,24,26H,10-13H2,1-4H3. The molecule has 0 saturated carbocycles. The Kier molecular flexibility index (Phi) is 4.79. The van der Waals surface area contributed by atoms with Crippen LogP contribution in [0.1, 0.15) is 64.9 Å². The molecule has 4 nitrogen and oxygen atoms in total. The number of carbonyl (C=O) groups excluding carboxylic acids is 2. The van der Waals surface area contributed by atoms with E-state index in [9.17, 15) is 19.8 Å². The minimum absolute atomic E-state index is 0.0306. The molecule has 2 aliphatic rings. The van der Waals surface area contributed by atoms with E-state index in [-0.39, 0.29) is 45.1 Å². The molecule has 0 aliphatic heterocycles. The molecule has 0 fully saturated rings. The molecular weight excluding hydrogens is 340 g/mol. The highest BCUT2D eigenvalue weighted by Crippen LogP contribution is 2.47. The lowest BCUT2D eigenvalue weighted by Gasteiger charge is -2.36. The van der Waals surface area contributed by atoms with E-state index in [2.05, 4.69) is 0 Å². The highest BCUT2D eigenvalue weighted by molar-refractivity contribution is 6.05. The molecule has 0 aromatic heterocycles. The maximum absolute atomic E-state index is 13.0. The predicted molar refractivity (Wildman–Crippen MR) is 105 cm³/mol. The maximum Gasteiger partial charge on any atom is 0.163 e. The van der Waals surface area contributed by atoms with Crippen molar-refractivity contribution in [2.75, 3.05) is 0 Å². The number of aliphatic hydroxyl groups excluding tert-OH is 2. The van der Waals surface area contributed by atoms with Crippen LogP contribution in [0.5, 0.6) is 0 Å². The fourth-order valence-corrected chi connectivity index (χ4v) is 4.38. The molecule has 1 aromatic rings. The number of hydrogen-bond donors (Lipinski definition) is 2. The Morgan fingerprint density at radius 3 is 1.52 bits per heavy atom. The highest BCUT2D eigenvalue weighted by Gasteiger charge is 2.43. The average molecular weight is 368 g/mol. The second-order valence-corrected chi connectivity index (χ2v) is 9.45. The molecule has 3 rings (SSSR count). The number of allylic oxidation sites excluding steroid dienone is 4. The van der Waals surface area contributed by atoms with Crippen LogP contribution >= 0.6 is 0 Å². The molecule has 0 saturated heterocycles. The van der Waals surface area contributed by atoms with Crippen LogP contribution < -0.4 is 0 Å². The Morgan fingerprint density at radius 1 is 0.741 bits per heavy atom. The molecule has 0 amide bonds. The minimum atomic E-state index is -0.724. The molecule has 4 heteroatoms. The van der Waals surface area contributed by atoms with Crippen molar-refractivity contribution in [1.82, 2.24) is 0 Å². The molecule has 0 heterocycles. The van der Waals surface area contributed by atoms with Gasteiger partial charge >= 0.3 is 0 Å². The number of rotatable bonds is 3. The lowest BCUT2D eigenvalue weighted by atomic mass is 9.67. The number of benzene rings is 1. The van der Waals surface area contributed by atoms with Crippen LogP contribution in [-0.4, -0.2) is 21.8 Å². The number of Topliss-reactive ketones (excluding diaryl/α,β-unsaturated/α-hetero) is 2. The first-order chi connectivity index (χ1) is 12.5. The third-order valence-corrected chi connectivity index (χ3v) is 5.50. The zero-order valence-electron chi connectivity index (χ0n) is 16.5. The van der Waals surface area contributed by atoms with Crippen molar-refractivity contribution in [1.29, 1.82) is 0 Å². The fraction of sp³-hybridized carbons (Fsp3) is 0.478. The lowest BCUT2D eigenvalue weighted by Crippen LogP contribution is -2.33. The van der Waals surface area contributed by atoms with Gasteiger partial charge < -0.3 is 10.2 Å². The van der Waals surface area contributed by atoms with E-state index in [1.54, 1.807) is 0 Å². The monoisotopic (exact) mass is 368 g/mol. The summed E-state index contributed by atoms with van der Waals surface area (Å²) in [6, 6.07) is 9.22. The Hall–Kier alpha value is -2.36. The first-order valence-electron chi connectivity index (χ1n) is 9.46. The van der Waals surface area contributed by atoms with Crippen LogP contribution in [0.2, 0.25) is 0 Å². The number of carbonyl (C=O) groups is 2. The molecule has 0 atom stereocenters. The van der Waals surface area contributed by atoms with Gasteiger partial charge in [0.15, 0.2) is 11.6 Å². The quantitative estimate of drug-likeness (QED) is 0.771. The van der Waals surface area contributed by atoms with Crippen molar-refractivity contribution in [3.63, 3.8) is 0 Å². The topological polar surface area (TPSA) is 74.6 Å². The highest BCUT2D eigenvalue weighted by atomic mass is 16.3. The van der Waals surface area contributed by atoms with E-state index >= 15 is 0 Å². The Balaban J connectivity index is 2.20. The van der Waals surface area contributed by atoms with E-state index in [4.69, 9.17) is 0 Å². The van der Waals surface area contributed by atoms with E-state index < -0.39 is 5.92 Å². The molecule has 0 spiro atoms. The van der Waals surface area contributed by atoms with Crippen molar-refractivity contribution >= 4 is 11.6 Å². The van der Waals surface area contributed by atoms with Crippen LogP contribution in [0.15, 0.2) is 53.0 Å². The van der Waals surface area contributed by atoms with Crippen molar-refractivity contribution in [3.8, 4) is 0 Å².